The van der Waals surface area contributed by atoms with Crippen LogP contribution in [-0.4, -0.2) is 26.6 Å². The van der Waals surface area contributed by atoms with Crippen molar-refractivity contribution in [2.24, 2.45) is 0 Å². The van der Waals surface area contributed by atoms with Gasteiger partial charge in [-0.05, 0) is 36.8 Å². The van der Waals surface area contributed by atoms with E-state index in [-0.39, 0.29) is 0 Å². The van der Waals surface area contributed by atoms with Gasteiger partial charge in [0.05, 0.1) is 11.9 Å². The van der Waals surface area contributed by atoms with Crippen molar-refractivity contribution >= 4 is 38.9 Å². The minimum absolute atomic E-state index is 0.318. The first-order valence-corrected chi connectivity index (χ1v) is 9.66. The molecule has 1 N–H and O–H groups in total. The first-order chi connectivity index (χ1) is 11.3. The van der Waals surface area contributed by atoms with E-state index in [4.69, 9.17) is 11.6 Å². The van der Waals surface area contributed by atoms with Gasteiger partial charge in [-0.15, -0.1) is 0 Å². The Balaban J connectivity index is 2.37. The number of hydrogen-bond acceptors (Lipinski definition) is 3. The van der Waals surface area contributed by atoms with Crippen LogP contribution in [0.2, 0.25) is 5.02 Å². The summed E-state index contributed by atoms with van der Waals surface area (Å²) in [5, 5.41) is 3.15. The molecular weight excluding hydrogens is 348 g/mol. The second-order valence-corrected chi connectivity index (χ2v) is 7.61. The summed E-state index contributed by atoms with van der Waals surface area (Å²) in [4.78, 5) is 12.6. The van der Waals surface area contributed by atoms with Crippen molar-refractivity contribution in [3.05, 3.63) is 59.6 Å². The van der Waals surface area contributed by atoms with E-state index in [2.05, 4.69) is 5.32 Å². The molecule has 0 fully saturated rings. The predicted octanol–water partition coefficient (Wildman–Crippen LogP) is 3.52. The normalized spacial score (nSPS) is 12.5. The third-order valence-electron chi connectivity index (χ3n) is 3.43. The van der Waals surface area contributed by atoms with E-state index in [9.17, 15) is 13.2 Å². The van der Waals surface area contributed by atoms with Gasteiger partial charge in [0.25, 0.3) is 0 Å². The van der Waals surface area contributed by atoms with Crippen molar-refractivity contribution in [2.45, 2.75) is 19.4 Å². The largest absolute Gasteiger partial charge is 0.324 e. The van der Waals surface area contributed by atoms with Gasteiger partial charge in [0, 0.05) is 10.7 Å². The number of sulfonamides is 1. The standard InChI is InChI=1S/C17H19ClN2O3S/c1-3-16(17(21)19-14-9-5-4-6-10-14)20(24(2,22)23)15-11-7-8-13(18)12-15/h4-12,16H,3H2,1-2H3,(H,19,21). The van der Waals surface area contributed by atoms with Crippen molar-refractivity contribution in [3.63, 3.8) is 0 Å². The van der Waals surface area contributed by atoms with Crippen LogP contribution in [0.25, 0.3) is 0 Å². The molecule has 24 heavy (non-hydrogen) atoms. The predicted molar refractivity (Wildman–Crippen MR) is 97.9 cm³/mol. The Kier molecular flexibility index (Phi) is 5.85. The number of nitrogens with zero attached hydrogens (tertiary/aromatic N) is 1. The maximum absolute atomic E-state index is 12.6. The molecule has 7 heteroatoms. The Hall–Kier alpha value is -2.05. The number of amides is 1. The molecule has 1 amide bonds. The Morgan fingerprint density at radius 3 is 2.38 bits per heavy atom. The Bertz CT molecular complexity index is 810. The maximum Gasteiger partial charge on any atom is 0.248 e. The topological polar surface area (TPSA) is 66.5 Å². The van der Waals surface area contributed by atoms with Gasteiger partial charge in [-0.3, -0.25) is 9.10 Å². The van der Waals surface area contributed by atoms with Crippen LogP contribution in [0.15, 0.2) is 54.6 Å². The fourth-order valence-corrected chi connectivity index (χ4v) is 3.81. The molecule has 0 aliphatic rings. The Morgan fingerprint density at radius 2 is 1.83 bits per heavy atom. The lowest BCUT2D eigenvalue weighted by Gasteiger charge is -2.30. The summed E-state index contributed by atoms with van der Waals surface area (Å²) in [6.07, 6.45) is 1.39. The lowest BCUT2D eigenvalue weighted by Crippen LogP contribution is -2.47. The maximum atomic E-state index is 12.6. The zero-order valence-corrected chi connectivity index (χ0v) is 15.0. The number of halogens is 1. The zero-order chi connectivity index (χ0) is 17.7. The quantitative estimate of drug-likeness (QED) is 0.850. The number of benzene rings is 2. The van der Waals surface area contributed by atoms with E-state index in [1.807, 2.05) is 6.07 Å². The highest BCUT2D eigenvalue weighted by molar-refractivity contribution is 7.92. The molecule has 128 valence electrons. The summed E-state index contributed by atoms with van der Waals surface area (Å²) in [6.45, 7) is 1.76. The van der Waals surface area contributed by atoms with Crippen LogP contribution < -0.4 is 9.62 Å². The molecule has 1 unspecified atom stereocenters. The number of nitrogens with one attached hydrogen (secondary N) is 1. The molecule has 0 radical (unpaired) electrons. The lowest BCUT2D eigenvalue weighted by molar-refractivity contribution is -0.117. The summed E-state index contributed by atoms with van der Waals surface area (Å²) >= 11 is 5.97. The molecule has 0 aliphatic heterocycles. The van der Waals surface area contributed by atoms with Gasteiger partial charge in [-0.25, -0.2) is 8.42 Å². The molecule has 5 nitrogen and oxygen atoms in total. The van der Waals surface area contributed by atoms with Gasteiger partial charge in [0.2, 0.25) is 15.9 Å². The van der Waals surface area contributed by atoms with Crippen molar-refractivity contribution < 1.29 is 13.2 Å². The molecule has 0 heterocycles. The highest BCUT2D eigenvalue weighted by Gasteiger charge is 2.31. The molecule has 0 spiro atoms. The monoisotopic (exact) mass is 366 g/mol. The summed E-state index contributed by atoms with van der Waals surface area (Å²) in [5.41, 5.74) is 0.973. The fraction of sp³-hybridized carbons (Fsp3) is 0.235. The van der Waals surface area contributed by atoms with Crippen LogP contribution in [0.4, 0.5) is 11.4 Å². The highest BCUT2D eigenvalue weighted by Crippen LogP contribution is 2.26. The average molecular weight is 367 g/mol. The number of hydrogen-bond donors (Lipinski definition) is 1. The number of carbonyl (C=O) groups excluding carboxylic acids is 1. The smallest absolute Gasteiger partial charge is 0.248 e. The number of rotatable bonds is 6. The second-order valence-electron chi connectivity index (χ2n) is 5.32. The van der Waals surface area contributed by atoms with Gasteiger partial charge >= 0.3 is 0 Å². The van der Waals surface area contributed by atoms with Crippen LogP contribution in [0, 0.1) is 0 Å². The molecule has 0 saturated heterocycles. The van der Waals surface area contributed by atoms with E-state index in [1.165, 1.54) is 6.07 Å². The van der Waals surface area contributed by atoms with E-state index >= 15 is 0 Å². The van der Waals surface area contributed by atoms with Crippen LogP contribution in [0.5, 0.6) is 0 Å². The van der Waals surface area contributed by atoms with Gasteiger partial charge in [0.1, 0.15) is 6.04 Å². The second kappa shape index (κ2) is 7.68. The van der Waals surface area contributed by atoms with Gasteiger partial charge in [-0.1, -0.05) is 42.8 Å². The van der Waals surface area contributed by atoms with Crippen molar-refractivity contribution in [1.82, 2.24) is 0 Å². The van der Waals surface area contributed by atoms with Gasteiger partial charge in [-0.2, -0.15) is 0 Å². The number of para-hydroxylation sites is 1. The molecule has 1 atom stereocenters. The molecule has 2 aromatic rings. The van der Waals surface area contributed by atoms with Crippen LogP contribution in [0.3, 0.4) is 0 Å². The molecule has 2 aromatic carbocycles. The van der Waals surface area contributed by atoms with E-state index < -0.39 is 22.0 Å². The summed E-state index contributed by atoms with van der Waals surface area (Å²) in [5.74, 6) is -0.394. The van der Waals surface area contributed by atoms with E-state index in [1.54, 1.807) is 49.4 Å². The van der Waals surface area contributed by atoms with Crippen molar-refractivity contribution in [2.75, 3.05) is 15.9 Å². The SMILES string of the molecule is CCC(C(=O)Nc1ccccc1)N(c1cccc(Cl)c1)S(C)(=O)=O. The molecule has 0 bridgehead atoms. The van der Waals surface area contributed by atoms with Gasteiger partial charge in [0.15, 0.2) is 0 Å². The highest BCUT2D eigenvalue weighted by atomic mass is 35.5. The van der Waals surface area contributed by atoms with Crippen molar-refractivity contribution in [3.8, 4) is 0 Å². The van der Waals surface area contributed by atoms with Gasteiger partial charge < -0.3 is 5.32 Å². The van der Waals surface area contributed by atoms with E-state index in [0.29, 0.717) is 22.8 Å². The third kappa shape index (κ3) is 4.49. The first kappa shape index (κ1) is 18.3. The number of anilines is 2. The molecule has 2 rings (SSSR count). The summed E-state index contributed by atoms with van der Waals surface area (Å²) in [7, 11) is -3.67. The molecule has 0 aliphatic carbocycles. The summed E-state index contributed by atoms with van der Waals surface area (Å²) in [6, 6.07) is 14.5. The Morgan fingerprint density at radius 1 is 1.17 bits per heavy atom. The summed E-state index contributed by atoms with van der Waals surface area (Å²) < 4.78 is 25.7. The van der Waals surface area contributed by atoms with E-state index in [0.717, 1.165) is 10.6 Å². The minimum Gasteiger partial charge on any atom is -0.324 e. The van der Waals surface area contributed by atoms with Crippen LogP contribution in [0.1, 0.15) is 13.3 Å². The zero-order valence-electron chi connectivity index (χ0n) is 13.4. The van der Waals surface area contributed by atoms with Crippen LogP contribution in [-0.2, 0) is 14.8 Å². The average Bonchev–Trinajstić information content (AvgIpc) is 2.52. The first-order valence-electron chi connectivity index (χ1n) is 7.44. The molecule has 0 aromatic heterocycles. The van der Waals surface area contributed by atoms with Crippen LogP contribution >= 0.6 is 11.6 Å². The minimum atomic E-state index is -3.67. The molecule has 0 saturated carbocycles. The number of carbonyl (C=O) groups is 1. The molecular formula is C17H19ClN2O3S. The van der Waals surface area contributed by atoms with Crippen molar-refractivity contribution in [1.29, 1.82) is 0 Å². The Labute approximate surface area is 147 Å². The lowest BCUT2D eigenvalue weighted by atomic mass is 10.2. The third-order valence-corrected chi connectivity index (χ3v) is 4.85. The fourth-order valence-electron chi connectivity index (χ4n) is 2.42.